The lowest BCUT2D eigenvalue weighted by molar-refractivity contribution is -0.894. The molecule has 37 nitrogen and oxygen atoms in total. The molecule has 141 heavy (non-hydrogen) atoms. The average Bonchev–Trinajstić information content (AvgIpc) is 1.59. The highest BCUT2D eigenvalue weighted by atomic mass is 32.2. The summed E-state index contributed by atoms with van der Waals surface area (Å²) in [6.07, 6.45) is 17.2. The third-order valence-corrected chi connectivity index (χ3v) is 23.3. The van der Waals surface area contributed by atoms with Crippen LogP contribution in [0.25, 0.3) is 0 Å². The van der Waals surface area contributed by atoms with Gasteiger partial charge in [0.25, 0.3) is 0 Å². The molecule has 0 saturated heterocycles. The first kappa shape index (κ1) is 130. The molecular formula is C103H185N6O31S+. The van der Waals surface area contributed by atoms with Gasteiger partial charge in [0, 0.05) is 87.4 Å². The van der Waals surface area contributed by atoms with Gasteiger partial charge in [-0.3, -0.25) is 9.59 Å². The van der Waals surface area contributed by atoms with E-state index >= 15 is 0 Å². The predicted octanol–water partition coefficient (Wildman–Crippen LogP) is 8.95. The van der Waals surface area contributed by atoms with Gasteiger partial charge in [-0.2, -0.15) is 4.58 Å². The Labute approximate surface area is 845 Å². The van der Waals surface area contributed by atoms with Crippen LogP contribution in [0.5, 0.6) is 0 Å². The van der Waals surface area contributed by atoms with Crippen LogP contribution in [0.2, 0.25) is 0 Å². The number of benzene rings is 2. The SMILES string of the molecule is CC[NH+](CC)CC.COCCOCCOCCOCCOCCOCCOCCOCCOCCOCCOCCOCCOCCOCCOCCOCCOCCOCCOCCOCCOCCOCCOCCOCCNC(=O)CCCCCN1c2ccc(S(=O)(=O)[O-])cc2C(C)(C)C1CC=CC=CC1=[N+](CCCCCC(=O)NCCCCCNC(=O)OC(C)(C)C)c2ccc(C)cc2C1(C)C. The van der Waals surface area contributed by atoms with Crippen LogP contribution < -0.4 is 25.8 Å². The van der Waals surface area contributed by atoms with Gasteiger partial charge in [0.05, 0.1) is 340 Å². The second-order valence-corrected chi connectivity index (χ2v) is 36.8. The Balaban J connectivity index is 0.00000701. The number of nitrogens with one attached hydrogen (secondary N) is 4. The fraction of sp³-hybridized carbons (Fsp3) is 0.806. The molecule has 0 aliphatic carbocycles. The first-order valence-electron chi connectivity index (χ1n) is 51.6. The molecule has 0 bridgehead atoms. The maximum absolute atomic E-state index is 12.8. The van der Waals surface area contributed by atoms with E-state index in [1.807, 2.05) is 20.8 Å². The smallest absolute Gasteiger partial charge is 0.407 e. The van der Waals surface area contributed by atoms with Gasteiger partial charge in [-0.1, -0.05) is 50.1 Å². The van der Waals surface area contributed by atoms with Crippen LogP contribution in [0.1, 0.15) is 163 Å². The molecule has 4 rings (SSSR count). The van der Waals surface area contributed by atoms with Crippen LogP contribution in [0, 0.1) is 6.92 Å². The Morgan fingerprint density at radius 1 is 0.411 bits per heavy atom. The summed E-state index contributed by atoms with van der Waals surface area (Å²) in [7, 11) is -3.03. The van der Waals surface area contributed by atoms with Crippen molar-refractivity contribution >= 4 is 45.1 Å². The van der Waals surface area contributed by atoms with E-state index in [0.29, 0.717) is 362 Å². The number of fused-ring (bicyclic) bond motifs is 2. The number of methoxy groups -OCH3 is 1. The molecule has 1 atom stereocenters. The lowest BCUT2D eigenvalue weighted by Gasteiger charge is -2.34. The first-order chi connectivity index (χ1) is 68.5. The van der Waals surface area contributed by atoms with E-state index in [4.69, 9.17) is 118 Å². The molecule has 0 spiro atoms. The average molecular weight is 2040 g/mol. The molecule has 0 saturated carbocycles. The summed E-state index contributed by atoms with van der Waals surface area (Å²) >= 11 is 0. The summed E-state index contributed by atoms with van der Waals surface area (Å²) in [6.45, 7) is 52.1. The van der Waals surface area contributed by atoms with Gasteiger partial charge in [0.15, 0.2) is 5.71 Å². The molecule has 4 N–H and O–H groups in total. The Kier molecular flexibility index (Phi) is 80.5. The van der Waals surface area contributed by atoms with Crippen LogP contribution in [-0.4, -0.2) is 423 Å². The minimum atomic E-state index is -4.67. The van der Waals surface area contributed by atoms with Crippen molar-refractivity contribution in [3.8, 4) is 0 Å². The van der Waals surface area contributed by atoms with Crippen molar-refractivity contribution in [2.45, 2.75) is 181 Å². The summed E-state index contributed by atoms with van der Waals surface area (Å²) in [6, 6.07) is 11.4. The topological polar surface area (TPSA) is 386 Å². The normalized spacial score (nSPS) is 14.0. The molecule has 2 aromatic carbocycles. The molecule has 38 heteroatoms. The molecule has 2 aromatic rings. The largest absolute Gasteiger partial charge is 0.744 e. The Hall–Kier alpha value is -5.49. The second-order valence-electron chi connectivity index (χ2n) is 35.5. The number of nitrogens with zero attached hydrogens (tertiary/aromatic N) is 2. The van der Waals surface area contributed by atoms with Gasteiger partial charge in [0.2, 0.25) is 17.5 Å². The number of ether oxygens (including phenoxy) is 25. The highest BCUT2D eigenvalue weighted by Gasteiger charge is 2.45. The molecule has 2 aliphatic heterocycles. The summed E-state index contributed by atoms with van der Waals surface area (Å²) in [4.78, 5) is 41.2. The zero-order valence-corrected chi connectivity index (χ0v) is 89.0. The standard InChI is InChI=1S/C97H169N5O31S.C6H15N/c1-84-26-28-88-86(82-84)96(5,6)90(101(88)33-20-11-16-24-92(103)98-30-18-13-19-31-100-94(105)133-95(2,3)4)22-14-10-15-23-91-97(7,8)87-83-85(134(106,107)108)27-29-89(87)102(91)34-21-12-17-25-93(104)99-32-35-110-38-39-112-42-43-114-46-47-116-50-51-118-54-55-120-58-59-122-62-63-124-66-67-126-70-71-128-74-75-130-78-79-132-81-80-131-77-76-129-73-72-127-69-68-125-65-64-123-61-60-121-57-56-119-53-52-117-49-48-115-45-44-113-41-40-111-37-36-109-9;1-4-7(5-2)6-3/h10,14-15,22,26-29,82-83,91H,11-13,16-21,23-25,30-81H2,1-9H3,(H3-,98,99,100,103,104,105,106,107,108);4-6H2,1-3H3/p+1. The van der Waals surface area contributed by atoms with Crippen molar-refractivity contribution in [3.63, 3.8) is 0 Å². The highest BCUT2D eigenvalue weighted by molar-refractivity contribution is 7.85. The number of amides is 3. The lowest BCUT2D eigenvalue weighted by Crippen LogP contribution is -3.11. The second kappa shape index (κ2) is 87.5. The minimum absolute atomic E-state index is 0.0298. The van der Waals surface area contributed by atoms with Gasteiger partial charge in [0.1, 0.15) is 22.3 Å². The van der Waals surface area contributed by atoms with E-state index in [-0.39, 0.29) is 28.2 Å². The van der Waals surface area contributed by atoms with Crippen LogP contribution >= 0.6 is 0 Å². The molecule has 2 heterocycles. The van der Waals surface area contributed by atoms with E-state index < -0.39 is 27.2 Å². The number of alkyl carbamates (subject to hydrolysis) is 1. The predicted molar refractivity (Wildman–Crippen MR) is 540 cm³/mol. The van der Waals surface area contributed by atoms with E-state index in [0.717, 1.165) is 69.2 Å². The number of rotatable bonds is 98. The van der Waals surface area contributed by atoms with Gasteiger partial charge < -0.3 is 149 Å². The highest BCUT2D eigenvalue weighted by Crippen LogP contribution is 2.48. The monoisotopic (exact) mass is 2030 g/mol. The maximum atomic E-state index is 12.8. The molecule has 0 radical (unpaired) electrons. The van der Waals surface area contributed by atoms with Crippen LogP contribution in [0.4, 0.5) is 16.2 Å². The van der Waals surface area contributed by atoms with Crippen molar-refractivity contribution in [2.75, 3.05) is 375 Å². The molecule has 2 aliphatic rings. The summed E-state index contributed by atoms with van der Waals surface area (Å²) in [5.74, 6) is 0.0236. The van der Waals surface area contributed by atoms with Crippen molar-refractivity contribution in [1.29, 1.82) is 0 Å². The van der Waals surface area contributed by atoms with Crippen molar-refractivity contribution in [2.24, 2.45) is 0 Å². The van der Waals surface area contributed by atoms with Gasteiger partial charge in [-0.05, 0) is 144 Å². The van der Waals surface area contributed by atoms with E-state index in [1.165, 1.54) is 48.2 Å². The third-order valence-electron chi connectivity index (χ3n) is 22.5. The first-order valence-corrected chi connectivity index (χ1v) is 53.0. The Morgan fingerprint density at radius 2 is 0.745 bits per heavy atom. The molecule has 3 amide bonds. The number of carbonyl (C=O) groups excluding carboxylic acids is 3. The summed E-state index contributed by atoms with van der Waals surface area (Å²) in [5, 5.41) is 8.78. The van der Waals surface area contributed by atoms with Crippen molar-refractivity contribution < 1.29 is 155 Å². The number of carbonyl (C=O) groups is 3. The van der Waals surface area contributed by atoms with Crippen molar-refractivity contribution in [3.05, 3.63) is 77.4 Å². The maximum Gasteiger partial charge on any atom is 0.407 e. The number of allylic oxidation sites excluding steroid dienone is 3. The van der Waals surface area contributed by atoms with Gasteiger partial charge in [-0.25, -0.2) is 13.2 Å². The summed E-state index contributed by atoms with van der Waals surface area (Å²) in [5.41, 5.74) is 5.37. The quantitative estimate of drug-likeness (QED) is 0.0208. The molecule has 0 fully saturated rings. The molecule has 0 aromatic heterocycles. The van der Waals surface area contributed by atoms with Crippen LogP contribution in [-0.2, 0) is 149 Å². The van der Waals surface area contributed by atoms with Gasteiger partial charge in [-0.15, -0.1) is 0 Å². The summed E-state index contributed by atoms with van der Waals surface area (Å²) < 4.78 is 177. The fourth-order valence-corrected chi connectivity index (χ4v) is 15.2. The number of aryl methyl sites for hydroxylation is 1. The Morgan fingerprint density at radius 3 is 1.09 bits per heavy atom. The van der Waals surface area contributed by atoms with E-state index in [1.54, 1.807) is 24.1 Å². The van der Waals surface area contributed by atoms with E-state index in [2.05, 4.69) is 123 Å². The fourth-order valence-electron chi connectivity index (χ4n) is 14.7. The molecular weight excluding hydrogens is 1850 g/mol. The van der Waals surface area contributed by atoms with Crippen LogP contribution in [0.3, 0.4) is 0 Å². The molecule has 818 valence electrons. The van der Waals surface area contributed by atoms with Crippen molar-refractivity contribution in [1.82, 2.24) is 16.0 Å². The Bertz CT molecular complexity index is 3560. The lowest BCUT2D eigenvalue weighted by atomic mass is 9.79. The zero-order valence-electron chi connectivity index (χ0n) is 88.2. The van der Waals surface area contributed by atoms with E-state index in [9.17, 15) is 27.4 Å². The third kappa shape index (κ3) is 68.6. The van der Waals surface area contributed by atoms with Gasteiger partial charge >= 0.3 is 6.09 Å². The number of unbranched alkanes of at least 4 members (excludes halogenated alkanes) is 6. The molecule has 1 unspecified atom stereocenters. The van der Waals surface area contributed by atoms with Crippen LogP contribution in [0.15, 0.2) is 65.6 Å². The minimum Gasteiger partial charge on any atom is -0.744 e. The number of quaternary nitrogens is 1. The number of anilines is 1. The number of hydrogen-bond donors (Lipinski definition) is 4. The zero-order chi connectivity index (χ0) is 102. The number of hydrogen-bond acceptors (Lipinski definition) is 32.